The highest BCUT2D eigenvalue weighted by atomic mass is 32.1. The monoisotopic (exact) mass is 285 g/mol. The van der Waals surface area contributed by atoms with Crippen LogP contribution in [0.3, 0.4) is 0 Å². The molecule has 0 fully saturated rings. The molecule has 0 saturated carbocycles. The van der Waals surface area contributed by atoms with Crippen molar-refractivity contribution in [1.82, 2.24) is 14.8 Å². The second-order valence-corrected chi connectivity index (χ2v) is 4.84. The van der Waals surface area contributed by atoms with E-state index < -0.39 is 0 Å². The van der Waals surface area contributed by atoms with Gasteiger partial charge in [0.05, 0.1) is 0 Å². The molecule has 3 rings (SSSR count). The topological polar surface area (TPSA) is 42.8 Å². The number of fused-ring (bicyclic) bond motifs is 1. The summed E-state index contributed by atoms with van der Waals surface area (Å²) >= 11 is 5.17. The van der Waals surface area contributed by atoms with E-state index in [9.17, 15) is 0 Å². The van der Waals surface area contributed by atoms with Gasteiger partial charge in [-0.15, -0.1) is 0 Å². The van der Waals surface area contributed by atoms with Crippen LogP contribution in [0.25, 0.3) is 10.8 Å². The van der Waals surface area contributed by atoms with Crippen molar-refractivity contribution < 1.29 is 4.74 Å². The van der Waals surface area contributed by atoms with E-state index in [1.807, 2.05) is 35.8 Å². The third-order valence-electron chi connectivity index (χ3n) is 3.26. The fourth-order valence-corrected chi connectivity index (χ4v) is 2.53. The first-order valence-corrected chi connectivity index (χ1v) is 6.95. The first-order valence-electron chi connectivity index (χ1n) is 6.54. The van der Waals surface area contributed by atoms with Crippen LogP contribution in [0.4, 0.5) is 0 Å². The van der Waals surface area contributed by atoms with Crippen LogP contribution in [0.2, 0.25) is 0 Å². The quantitative estimate of drug-likeness (QED) is 0.743. The van der Waals surface area contributed by atoms with Crippen molar-refractivity contribution in [2.45, 2.75) is 20.1 Å². The average Bonchev–Trinajstić information content (AvgIpc) is 2.85. The van der Waals surface area contributed by atoms with Gasteiger partial charge in [0, 0.05) is 11.9 Å². The Bertz CT molecular complexity index is 786. The van der Waals surface area contributed by atoms with Gasteiger partial charge in [-0.25, -0.2) is 0 Å². The molecule has 0 amide bonds. The van der Waals surface area contributed by atoms with Crippen LogP contribution in [-0.4, -0.2) is 14.8 Å². The maximum Gasteiger partial charge on any atom is 0.195 e. The second kappa shape index (κ2) is 5.46. The molecule has 4 nitrogen and oxygen atoms in total. The van der Waals surface area contributed by atoms with E-state index in [-0.39, 0.29) is 0 Å². The SMILES string of the molecule is CCn1c(COc2cccc3ccccc23)n[nH]c1=S. The molecular formula is C15H15N3OS. The minimum Gasteiger partial charge on any atom is -0.485 e. The van der Waals surface area contributed by atoms with Crippen LogP contribution in [0, 0.1) is 4.77 Å². The fourth-order valence-electron chi connectivity index (χ4n) is 2.25. The Labute approximate surface area is 122 Å². The maximum atomic E-state index is 5.91. The lowest BCUT2D eigenvalue weighted by Crippen LogP contribution is -2.06. The van der Waals surface area contributed by atoms with Crippen LogP contribution in [0.1, 0.15) is 12.7 Å². The number of hydrogen-bond donors (Lipinski definition) is 1. The molecule has 0 spiro atoms. The Kier molecular flexibility index (Phi) is 3.52. The van der Waals surface area contributed by atoms with Crippen LogP contribution in [0.15, 0.2) is 42.5 Å². The summed E-state index contributed by atoms with van der Waals surface area (Å²) in [5, 5.41) is 9.27. The van der Waals surface area contributed by atoms with Gasteiger partial charge >= 0.3 is 0 Å². The molecule has 0 bridgehead atoms. The van der Waals surface area contributed by atoms with Gasteiger partial charge in [-0.1, -0.05) is 36.4 Å². The van der Waals surface area contributed by atoms with E-state index in [1.54, 1.807) is 0 Å². The van der Waals surface area contributed by atoms with Crippen molar-refractivity contribution in [2.24, 2.45) is 0 Å². The Morgan fingerprint density at radius 1 is 1.20 bits per heavy atom. The van der Waals surface area contributed by atoms with Crippen LogP contribution < -0.4 is 4.74 Å². The van der Waals surface area contributed by atoms with E-state index in [4.69, 9.17) is 17.0 Å². The molecular weight excluding hydrogens is 270 g/mol. The summed E-state index contributed by atoms with van der Waals surface area (Å²) in [7, 11) is 0. The van der Waals surface area contributed by atoms with Gasteiger partial charge < -0.3 is 9.30 Å². The molecule has 0 aliphatic rings. The van der Waals surface area contributed by atoms with Gasteiger partial charge in [0.15, 0.2) is 10.6 Å². The molecule has 20 heavy (non-hydrogen) atoms. The predicted octanol–water partition coefficient (Wildman–Crippen LogP) is 3.69. The van der Waals surface area contributed by atoms with Gasteiger partial charge in [0.1, 0.15) is 12.4 Å². The van der Waals surface area contributed by atoms with Crippen molar-refractivity contribution in [2.75, 3.05) is 0 Å². The van der Waals surface area contributed by atoms with Gasteiger partial charge in [-0.3, -0.25) is 5.10 Å². The number of benzene rings is 2. The van der Waals surface area contributed by atoms with Crippen molar-refractivity contribution in [3.63, 3.8) is 0 Å². The van der Waals surface area contributed by atoms with E-state index in [0.717, 1.165) is 23.5 Å². The Morgan fingerprint density at radius 3 is 2.85 bits per heavy atom. The van der Waals surface area contributed by atoms with E-state index in [2.05, 4.69) is 28.4 Å². The summed E-state index contributed by atoms with van der Waals surface area (Å²) in [5.74, 6) is 1.67. The number of aromatic nitrogens is 3. The van der Waals surface area contributed by atoms with Crippen LogP contribution in [-0.2, 0) is 13.2 Å². The molecule has 0 aliphatic carbocycles. The van der Waals surface area contributed by atoms with Gasteiger partial charge in [-0.2, -0.15) is 5.10 Å². The summed E-state index contributed by atoms with van der Waals surface area (Å²) in [6, 6.07) is 14.2. The highest BCUT2D eigenvalue weighted by Gasteiger charge is 2.07. The third kappa shape index (κ3) is 2.32. The standard InChI is InChI=1S/C15H15N3OS/c1-2-18-14(16-17-15(18)20)10-19-13-9-5-7-11-6-3-4-8-12(11)13/h3-9H,2,10H2,1H3,(H,17,20). The van der Waals surface area contributed by atoms with E-state index >= 15 is 0 Å². The number of nitrogens with zero attached hydrogens (tertiary/aromatic N) is 2. The zero-order chi connectivity index (χ0) is 13.9. The minimum atomic E-state index is 0.398. The maximum absolute atomic E-state index is 5.91. The minimum absolute atomic E-state index is 0.398. The Morgan fingerprint density at radius 2 is 2.00 bits per heavy atom. The van der Waals surface area contributed by atoms with Crippen LogP contribution >= 0.6 is 12.2 Å². The number of rotatable bonds is 4. The lowest BCUT2D eigenvalue weighted by Gasteiger charge is -2.09. The fraction of sp³-hybridized carbons (Fsp3) is 0.200. The van der Waals surface area contributed by atoms with Crippen molar-refractivity contribution in [1.29, 1.82) is 0 Å². The largest absolute Gasteiger partial charge is 0.485 e. The lowest BCUT2D eigenvalue weighted by molar-refractivity contribution is 0.293. The van der Waals surface area contributed by atoms with Crippen molar-refractivity contribution >= 4 is 23.0 Å². The summed E-state index contributed by atoms with van der Waals surface area (Å²) in [4.78, 5) is 0. The summed E-state index contributed by atoms with van der Waals surface area (Å²) in [6.07, 6.45) is 0. The molecule has 3 aromatic rings. The molecule has 0 saturated heterocycles. The first kappa shape index (κ1) is 12.9. The Hall–Kier alpha value is -2.14. The molecule has 0 radical (unpaired) electrons. The van der Waals surface area contributed by atoms with Gasteiger partial charge in [0.2, 0.25) is 0 Å². The normalized spacial score (nSPS) is 10.8. The number of aromatic amines is 1. The highest BCUT2D eigenvalue weighted by Crippen LogP contribution is 2.25. The lowest BCUT2D eigenvalue weighted by atomic mass is 10.1. The highest BCUT2D eigenvalue weighted by molar-refractivity contribution is 7.71. The summed E-state index contributed by atoms with van der Waals surface area (Å²) in [6.45, 7) is 3.21. The Balaban J connectivity index is 1.89. The van der Waals surface area contributed by atoms with Gasteiger partial charge in [-0.05, 0) is 30.6 Å². The number of ether oxygens (including phenoxy) is 1. The molecule has 5 heteroatoms. The summed E-state index contributed by atoms with van der Waals surface area (Å²) in [5.41, 5.74) is 0. The third-order valence-corrected chi connectivity index (χ3v) is 3.57. The molecule has 1 aromatic heterocycles. The second-order valence-electron chi connectivity index (χ2n) is 4.46. The number of nitrogens with one attached hydrogen (secondary N) is 1. The smallest absolute Gasteiger partial charge is 0.195 e. The molecule has 2 aromatic carbocycles. The number of H-pyrrole nitrogens is 1. The molecule has 102 valence electrons. The predicted molar refractivity (Wildman–Crippen MR) is 81.4 cm³/mol. The van der Waals surface area contributed by atoms with E-state index in [1.165, 1.54) is 5.39 Å². The first-order chi connectivity index (χ1) is 9.79. The van der Waals surface area contributed by atoms with Crippen molar-refractivity contribution in [3.8, 4) is 5.75 Å². The molecule has 1 N–H and O–H groups in total. The van der Waals surface area contributed by atoms with Crippen molar-refractivity contribution in [3.05, 3.63) is 53.1 Å². The zero-order valence-electron chi connectivity index (χ0n) is 11.2. The molecule has 1 heterocycles. The molecule has 0 unspecified atom stereocenters. The molecule has 0 atom stereocenters. The van der Waals surface area contributed by atoms with Gasteiger partial charge in [0.25, 0.3) is 0 Å². The zero-order valence-corrected chi connectivity index (χ0v) is 12.0. The number of hydrogen-bond acceptors (Lipinski definition) is 3. The average molecular weight is 285 g/mol. The van der Waals surface area contributed by atoms with Crippen LogP contribution in [0.5, 0.6) is 5.75 Å². The summed E-state index contributed by atoms with van der Waals surface area (Å²) < 4.78 is 8.47. The van der Waals surface area contributed by atoms with E-state index in [0.29, 0.717) is 11.4 Å². The molecule has 0 aliphatic heterocycles.